The van der Waals surface area contributed by atoms with Gasteiger partial charge in [0.15, 0.2) is 4.99 Å². The van der Waals surface area contributed by atoms with E-state index >= 15 is 0 Å². The molecule has 0 aromatic heterocycles. The van der Waals surface area contributed by atoms with Gasteiger partial charge in [0.25, 0.3) is 10.1 Å². The summed E-state index contributed by atoms with van der Waals surface area (Å²) in [7, 11) is -9.75. The normalized spacial score (nSPS) is 13.2. The largest absolute Gasteiger partial charge is 0.457 e. The fourth-order valence-corrected chi connectivity index (χ4v) is 5.37. The van der Waals surface area contributed by atoms with Crippen LogP contribution in [0, 0.1) is 0 Å². The molecule has 0 radical (unpaired) electrons. The number of aryl methyl sites for hydroxylation is 2. The summed E-state index contributed by atoms with van der Waals surface area (Å²) < 4.78 is 48.6. The zero-order valence-electron chi connectivity index (χ0n) is 16.3. The third kappa shape index (κ3) is 7.57. The van der Waals surface area contributed by atoms with E-state index < -0.39 is 22.7 Å². The van der Waals surface area contributed by atoms with Gasteiger partial charge in [-0.25, -0.2) is 0 Å². The van der Waals surface area contributed by atoms with Gasteiger partial charge in [0.05, 0.1) is 0 Å². The smallest absolute Gasteiger partial charge is 0.346 e. The minimum Gasteiger partial charge on any atom is -0.457 e. The van der Waals surface area contributed by atoms with Crippen LogP contribution in [0.5, 0.6) is 11.5 Å². The molecule has 0 bridgehead atoms. The molecule has 9 heteroatoms. The molecule has 0 spiro atoms. The molecule has 0 aliphatic heterocycles. The summed E-state index contributed by atoms with van der Waals surface area (Å²) in [5.74, 6) is 1.48. The Morgan fingerprint density at radius 2 is 1.66 bits per heavy atom. The van der Waals surface area contributed by atoms with Crippen molar-refractivity contribution >= 4 is 17.7 Å². The van der Waals surface area contributed by atoms with E-state index in [1.54, 1.807) is 12.1 Å². The van der Waals surface area contributed by atoms with Gasteiger partial charge in [0.2, 0.25) is 0 Å². The molecule has 1 unspecified atom stereocenters. The predicted octanol–water partition coefficient (Wildman–Crippen LogP) is 4.54. The summed E-state index contributed by atoms with van der Waals surface area (Å²) in [6.07, 6.45) is 3.42. The first-order valence-corrected chi connectivity index (χ1v) is 12.7. The first-order valence-electron chi connectivity index (χ1n) is 9.47. The topological polar surface area (TPSA) is 121 Å². The van der Waals surface area contributed by atoms with E-state index in [2.05, 4.69) is 6.92 Å². The summed E-state index contributed by atoms with van der Waals surface area (Å²) in [6.45, 7) is 2.14. The lowest BCUT2D eigenvalue weighted by atomic mass is 10.1. The van der Waals surface area contributed by atoms with Crippen LogP contribution in [-0.4, -0.2) is 27.7 Å². The molecule has 1 atom stereocenters. The lowest BCUT2D eigenvalue weighted by Gasteiger charge is -2.15. The van der Waals surface area contributed by atoms with Crippen molar-refractivity contribution in [2.75, 3.05) is 0 Å². The summed E-state index contributed by atoms with van der Waals surface area (Å²) in [5, 5.41) is 0. The highest BCUT2D eigenvalue weighted by Crippen LogP contribution is 2.46. The lowest BCUT2D eigenvalue weighted by Crippen LogP contribution is -2.20. The van der Waals surface area contributed by atoms with Gasteiger partial charge in [-0.15, -0.1) is 0 Å². The number of hydrogen-bond donors (Lipinski definition) is 3. The molecule has 0 saturated carbocycles. The molecule has 3 N–H and O–H groups in total. The van der Waals surface area contributed by atoms with Crippen molar-refractivity contribution in [3.8, 4) is 11.5 Å². The fourth-order valence-electron chi connectivity index (χ4n) is 3.00. The zero-order valence-corrected chi connectivity index (χ0v) is 18.0. The average molecular weight is 442 g/mol. The van der Waals surface area contributed by atoms with Gasteiger partial charge in [0.1, 0.15) is 11.5 Å². The maximum Gasteiger partial charge on any atom is 0.346 e. The van der Waals surface area contributed by atoms with Gasteiger partial charge in [-0.1, -0.05) is 43.7 Å². The first kappa shape index (κ1) is 23.6. The number of rotatable bonds is 11. The van der Waals surface area contributed by atoms with Crippen LogP contribution in [0.4, 0.5) is 0 Å². The molecule has 2 aromatic rings. The number of benzene rings is 2. The third-order valence-electron chi connectivity index (χ3n) is 4.56. The molecule has 0 amide bonds. The van der Waals surface area contributed by atoms with Crippen LogP contribution >= 0.6 is 7.60 Å². The summed E-state index contributed by atoms with van der Waals surface area (Å²) in [4.78, 5) is 16.2. The van der Waals surface area contributed by atoms with Crippen LogP contribution in [-0.2, 0) is 27.5 Å². The van der Waals surface area contributed by atoms with Gasteiger partial charge in [0, 0.05) is 0 Å². The van der Waals surface area contributed by atoms with E-state index in [1.807, 2.05) is 36.4 Å². The predicted molar refractivity (Wildman–Crippen MR) is 112 cm³/mol. The molecule has 29 heavy (non-hydrogen) atoms. The highest BCUT2D eigenvalue weighted by Gasteiger charge is 2.38. The number of unbranched alkanes of at least 4 members (excludes halogenated alkanes) is 1. The number of para-hydroxylation sites is 1. The first-order chi connectivity index (χ1) is 13.6. The summed E-state index contributed by atoms with van der Waals surface area (Å²) in [6, 6.07) is 15.1. The Morgan fingerprint density at radius 1 is 1.00 bits per heavy atom. The van der Waals surface area contributed by atoms with E-state index in [9.17, 15) is 13.0 Å². The van der Waals surface area contributed by atoms with Crippen LogP contribution < -0.4 is 4.74 Å². The van der Waals surface area contributed by atoms with E-state index in [4.69, 9.17) is 19.1 Å². The molecular weight excluding hydrogens is 415 g/mol. The molecule has 7 nitrogen and oxygen atoms in total. The molecule has 0 aliphatic rings. The molecule has 2 aromatic carbocycles. The summed E-state index contributed by atoms with van der Waals surface area (Å²) in [5.41, 5.74) is 2.02. The van der Waals surface area contributed by atoms with Crippen molar-refractivity contribution < 1.29 is 32.1 Å². The quantitative estimate of drug-likeness (QED) is 0.345. The van der Waals surface area contributed by atoms with Crippen molar-refractivity contribution in [1.29, 1.82) is 0 Å². The lowest BCUT2D eigenvalue weighted by molar-refractivity contribution is 0.360. The standard InChI is InChI=1S/C20H27O7PS/c1-2-3-8-17-9-4-5-10-19(17)27-18-14-12-16(13-15-18)7-6-11-20(28(21,22)23)29(24,25)26/h4-5,9-10,12-15,20H,2-3,6-8,11H2,1H3,(H2,21,22,23)(H,24,25,26). The molecule has 0 saturated heterocycles. The second kappa shape index (κ2) is 10.4. The second-order valence-corrected chi connectivity index (χ2v) is 10.7. The molecular formula is C20H27O7PS. The van der Waals surface area contributed by atoms with Gasteiger partial charge in [-0.05, 0) is 61.4 Å². The van der Waals surface area contributed by atoms with Crippen LogP contribution in [0.25, 0.3) is 0 Å². The van der Waals surface area contributed by atoms with Crippen LogP contribution in [0.2, 0.25) is 0 Å². The third-order valence-corrected chi connectivity index (χ3v) is 8.11. The highest BCUT2D eigenvalue weighted by atomic mass is 32.2. The number of ether oxygens (including phenoxy) is 1. The van der Waals surface area contributed by atoms with E-state index in [0.717, 1.165) is 36.1 Å². The van der Waals surface area contributed by atoms with Gasteiger partial charge in [-0.2, -0.15) is 8.42 Å². The Labute approximate surface area is 171 Å². The van der Waals surface area contributed by atoms with Crippen molar-refractivity contribution in [2.24, 2.45) is 0 Å². The second-order valence-electron chi connectivity index (χ2n) is 6.91. The fraction of sp³-hybridized carbons (Fsp3) is 0.400. The molecule has 0 heterocycles. The average Bonchev–Trinajstić information content (AvgIpc) is 2.64. The Morgan fingerprint density at radius 3 is 2.24 bits per heavy atom. The minimum absolute atomic E-state index is 0.204. The van der Waals surface area contributed by atoms with Gasteiger partial charge < -0.3 is 14.5 Å². The Hall–Kier alpha value is -1.70. The molecule has 0 aliphatic carbocycles. The van der Waals surface area contributed by atoms with Crippen molar-refractivity contribution in [3.05, 3.63) is 59.7 Å². The number of hydrogen-bond acceptors (Lipinski definition) is 4. The Bertz CT molecular complexity index is 936. The monoisotopic (exact) mass is 442 g/mol. The van der Waals surface area contributed by atoms with Crippen LogP contribution in [0.15, 0.2) is 48.5 Å². The van der Waals surface area contributed by atoms with Crippen molar-refractivity contribution in [1.82, 2.24) is 0 Å². The SMILES string of the molecule is CCCCc1ccccc1Oc1ccc(CCCC(P(=O)(O)O)S(=O)(=O)O)cc1. The minimum atomic E-state index is -4.94. The van der Waals surface area contributed by atoms with E-state index in [1.165, 1.54) is 0 Å². The Balaban J connectivity index is 1.97. The summed E-state index contributed by atoms with van der Waals surface area (Å²) >= 11 is 0. The van der Waals surface area contributed by atoms with Crippen LogP contribution in [0.1, 0.15) is 43.7 Å². The Kier molecular flexibility index (Phi) is 8.43. The molecule has 2 rings (SSSR count). The zero-order chi connectivity index (χ0) is 21.5. The van der Waals surface area contributed by atoms with E-state index in [-0.39, 0.29) is 12.8 Å². The highest BCUT2D eigenvalue weighted by molar-refractivity contribution is 7.93. The van der Waals surface area contributed by atoms with E-state index in [0.29, 0.717) is 12.2 Å². The maximum absolute atomic E-state index is 11.3. The van der Waals surface area contributed by atoms with Crippen molar-refractivity contribution in [3.63, 3.8) is 0 Å². The molecule has 160 valence electrons. The van der Waals surface area contributed by atoms with Crippen molar-refractivity contribution in [2.45, 2.75) is 50.4 Å². The van der Waals surface area contributed by atoms with Gasteiger partial charge >= 0.3 is 7.60 Å². The molecule has 0 fully saturated rings. The van der Waals surface area contributed by atoms with Gasteiger partial charge in [-0.3, -0.25) is 9.12 Å². The maximum atomic E-state index is 11.3. The van der Waals surface area contributed by atoms with Crippen LogP contribution in [0.3, 0.4) is 0 Å².